The van der Waals surface area contributed by atoms with E-state index in [1.165, 1.54) is 22.1 Å². The topological polar surface area (TPSA) is 35.0 Å². The number of aromatic nitrogens is 2. The Hall–Kier alpha value is -9.44. The maximum absolute atomic E-state index is 7.01. The first-order valence-corrected chi connectivity index (χ1v) is 24.1. The largest absolute Gasteiger partial charge is 0.455 e. The van der Waals surface area contributed by atoms with Gasteiger partial charge in [0.15, 0.2) is 5.82 Å². The number of rotatable bonds is 9. The number of hydrogen-bond acceptors (Lipinski definition) is 3. The zero-order chi connectivity index (χ0) is 47.1. The number of nitrogens with zero attached hydrogens (tertiary/aromatic N) is 2. The van der Waals surface area contributed by atoms with E-state index in [1.807, 2.05) is 24.3 Å². The van der Waals surface area contributed by atoms with Crippen molar-refractivity contribution in [3.8, 4) is 123 Å². The fourth-order valence-corrected chi connectivity index (χ4v) is 10.2. The van der Waals surface area contributed by atoms with Crippen LogP contribution in [-0.4, -0.2) is 9.97 Å². The first-order chi connectivity index (χ1) is 35.2. The van der Waals surface area contributed by atoms with Crippen LogP contribution >= 0.6 is 0 Å². The first-order valence-electron chi connectivity index (χ1n) is 24.1. The van der Waals surface area contributed by atoms with Gasteiger partial charge in [-0.15, -0.1) is 0 Å². The van der Waals surface area contributed by atoms with E-state index in [1.54, 1.807) is 0 Å². The highest BCUT2D eigenvalue weighted by Gasteiger charge is 2.26. The van der Waals surface area contributed by atoms with Crippen molar-refractivity contribution in [3.63, 3.8) is 0 Å². The zero-order valence-electron chi connectivity index (χ0n) is 38.7. The Morgan fingerprint density at radius 2 is 0.690 bits per heavy atom. The van der Waals surface area contributed by atoms with Gasteiger partial charge < -0.3 is 4.74 Å². The normalized spacial score (nSPS) is 11.5. The fraction of sp³-hybridized carbons (Fsp3) is 0. The monoisotopic (exact) mass is 904 g/mol. The van der Waals surface area contributed by atoms with Gasteiger partial charge in [-0.05, 0) is 102 Å². The Morgan fingerprint density at radius 3 is 1.32 bits per heavy atom. The van der Waals surface area contributed by atoms with Gasteiger partial charge in [0.2, 0.25) is 0 Å². The van der Waals surface area contributed by atoms with E-state index in [0.717, 1.165) is 106 Å². The molecule has 0 aliphatic carbocycles. The number of hydrogen-bond donors (Lipinski definition) is 0. The minimum absolute atomic E-state index is 0.693. The van der Waals surface area contributed by atoms with Crippen molar-refractivity contribution in [2.24, 2.45) is 0 Å². The van der Waals surface area contributed by atoms with Crippen molar-refractivity contribution in [2.45, 2.75) is 0 Å². The molecule has 332 valence electrons. The Morgan fingerprint density at radius 1 is 0.254 bits per heavy atom. The predicted molar refractivity (Wildman–Crippen MR) is 294 cm³/mol. The summed E-state index contributed by atoms with van der Waals surface area (Å²) < 4.78 is 7.01. The van der Waals surface area contributed by atoms with Crippen molar-refractivity contribution in [1.82, 2.24) is 9.97 Å². The molecule has 0 saturated heterocycles. The molecule has 0 bridgehead atoms. The van der Waals surface area contributed by atoms with Crippen LogP contribution in [0.2, 0.25) is 0 Å². The Labute approximate surface area is 413 Å². The highest BCUT2D eigenvalue weighted by Crippen LogP contribution is 2.53. The second kappa shape index (κ2) is 17.9. The highest BCUT2D eigenvalue weighted by atomic mass is 16.5. The lowest BCUT2D eigenvalue weighted by atomic mass is 9.83. The van der Waals surface area contributed by atoms with Crippen LogP contribution in [0.1, 0.15) is 0 Å². The van der Waals surface area contributed by atoms with Crippen molar-refractivity contribution >= 4 is 10.8 Å². The van der Waals surface area contributed by atoms with E-state index in [4.69, 9.17) is 14.7 Å². The lowest BCUT2D eigenvalue weighted by Gasteiger charge is -2.25. The molecule has 0 radical (unpaired) electrons. The smallest absolute Gasteiger partial charge is 0.160 e. The Balaban J connectivity index is 0.924. The van der Waals surface area contributed by atoms with Crippen LogP contribution in [-0.2, 0) is 0 Å². The Kier molecular flexibility index (Phi) is 10.5. The quantitative estimate of drug-likeness (QED) is 0.145. The van der Waals surface area contributed by atoms with Gasteiger partial charge in [0, 0.05) is 33.2 Å². The predicted octanol–water partition coefficient (Wildman–Crippen LogP) is 18.4. The van der Waals surface area contributed by atoms with E-state index in [9.17, 15) is 0 Å². The number of ether oxygens (including phenoxy) is 1. The molecule has 2 heterocycles. The van der Waals surface area contributed by atoms with Gasteiger partial charge >= 0.3 is 0 Å². The number of para-hydroxylation sites is 1. The van der Waals surface area contributed by atoms with Gasteiger partial charge in [-0.2, -0.15) is 0 Å². The summed E-state index contributed by atoms with van der Waals surface area (Å²) in [6, 6.07) is 94.9. The van der Waals surface area contributed by atoms with Crippen LogP contribution in [0.15, 0.2) is 267 Å². The molecule has 0 unspecified atom stereocenters. The summed E-state index contributed by atoms with van der Waals surface area (Å²) in [6.07, 6.45) is 0. The lowest BCUT2D eigenvalue weighted by Crippen LogP contribution is -2.00. The third kappa shape index (κ3) is 7.86. The van der Waals surface area contributed by atoms with E-state index in [-0.39, 0.29) is 0 Å². The summed E-state index contributed by atoms with van der Waals surface area (Å²) in [5.74, 6) is 2.44. The summed E-state index contributed by atoms with van der Waals surface area (Å²) in [4.78, 5) is 10.3. The number of fused-ring (bicyclic) bond motifs is 2. The molecule has 1 aliphatic rings. The minimum Gasteiger partial charge on any atom is -0.455 e. The second-order valence-corrected chi connectivity index (χ2v) is 18.1. The Bertz CT molecular complexity index is 3900. The molecule has 3 heteroatoms. The summed E-state index contributed by atoms with van der Waals surface area (Å²) in [6.45, 7) is 0. The molecule has 0 N–H and O–H groups in total. The average Bonchev–Trinajstić information content (AvgIpc) is 3.46. The van der Waals surface area contributed by atoms with Gasteiger partial charge in [0.25, 0.3) is 0 Å². The molecule has 3 nitrogen and oxygen atoms in total. The van der Waals surface area contributed by atoms with Crippen molar-refractivity contribution in [3.05, 3.63) is 267 Å². The van der Waals surface area contributed by atoms with Gasteiger partial charge in [-0.3, -0.25) is 0 Å². The molecular formula is C68H44N2O. The molecule has 11 aromatic carbocycles. The molecule has 13 rings (SSSR count). The summed E-state index contributed by atoms with van der Waals surface area (Å²) in [7, 11) is 0. The average molecular weight is 905 g/mol. The van der Waals surface area contributed by atoms with Crippen LogP contribution in [0.5, 0.6) is 11.5 Å². The van der Waals surface area contributed by atoms with Gasteiger partial charge in [-0.1, -0.05) is 237 Å². The summed E-state index contributed by atoms with van der Waals surface area (Å²) in [5.41, 5.74) is 20.6. The number of benzene rings is 11. The van der Waals surface area contributed by atoms with E-state index < -0.39 is 0 Å². The molecule has 0 fully saturated rings. The van der Waals surface area contributed by atoms with Crippen molar-refractivity contribution in [2.75, 3.05) is 0 Å². The maximum Gasteiger partial charge on any atom is 0.160 e. The van der Waals surface area contributed by atoms with Crippen LogP contribution < -0.4 is 4.74 Å². The third-order valence-corrected chi connectivity index (χ3v) is 13.7. The van der Waals surface area contributed by atoms with Crippen LogP contribution in [0, 0.1) is 0 Å². The molecule has 0 saturated carbocycles. The van der Waals surface area contributed by atoms with Crippen molar-refractivity contribution < 1.29 is 4.74 Å². The van der Waals surface area contributed by atoms with Gasteiger partial charge in [0.05, 0.1) is 11.4 Å². The van der Waals surface area contributed by atoms with Crippen LogP contribution in [0.25, 0.3) is 123 Å². The zero-order valence-corrected chi connectivity index (χ0v) is 38.7. The van der Waals surface area contributed by atoms with E-state index in [0.29, 0.717) is 5.82 Å². The second-order valence-electron chi connectivity index (χ2n) is 18.1. The first kappa shape index (κ1) is 41.7. The molecule has 71 heavy (non-hydrogen) atoms. The van der Waals surface area contributed by atoms with E-state index in [2.05, 4.69) is 243 Å². The lowest BCUT2D eigenvalue weighted by molar-refractivity contribution is 0.489. The molecule has 1 aliphatic heterocycles. The molecule has 0 atom stereocenters. The standard InChI is InChI=1S/C68H44N2O/c1-5-17-45(18-6-1)47-33-37-49(38-34-47)62-44-63(70-68(69-62)53-23-11-4-12-24-53)50-39-35-48(36-40-50)54-27-13-28-55(41-54)60-42-56(46-19-7-2-8-20-46)43-61(65(60)51-21-9-3-10-22-51)59-31-16-30-58-57-29-14-25-52-26-15-32-64(66(52)57)71-67(58)59/h1-44H. The van der Waals surface area contributed by atoms with Crippen molar-refractivity contribution in [1.29, 1.82) is 0 Å². The third-order valence-electron chi connectivity index (χ3n) is 13.7. The fourth-order valence-electron chi connectivity index (χ4n) is 10.2. The van der Waals surface area contributed by atoms with Gasteiger partial charge in [0.1, 0.15) is 11.5 Å². The maximum atomic E-state index is 7.01. The van der Waals surface area contributed by atoms with Crippen LogP contribution in [0.4, 0.5) is 0 Å². The van der Waals surface area contributed by atoms with E-state index >= 15 is 0 Å². The molecule has 0 spiro atoms. The molecular weight excluding hydrogens is 861 g/mol. The molecule has 0 amide bonds. The molecule has 12 aromatic rings. The highest BCUT2D eigenvalue weighted by molar-refractivity contribution is 6.07. The summed E-state index contributed by atoms with van der Waals surface area (Å²) >= 11 is 0. The van der Waals surface area contributed by atoms with Gasteiger partial charge in [-0.25, -0.2) is 9.97 Å². The molecule has 1 aromatic heterocycles. The minimum atomic E-state index is 0.693. The summed E-state index contributed by atoms with van der Waals surface area (Å²) in [5, 5.41) is 2.32. The van der Waals surface area contributed by atoms with Crippen LogP contribution in [0.3, 0.4) is 0 Å². The SMILES string of the molecule is c1ccc(-c2ccc(-c3cc(-c4ccc(-c5cccc(-c6cc(-c7ccccc7)cc(-c7cccc8c7Oc7cccc9cccc-8c79)c6-c6ccccc6)c5)cc4)nc(-c4ccccc4)n3)cc2)cc1.